The third-order valence-electron chi connectivity index (χ3n) is 4.42. The van der Waals surface area contributed by atoms with E-state index >= 15 is 0 Å². The van der Waals surface area contributed by atoms with Gasteiger partial charge in [-0.15, -0.1) is 0 Å². The Kier molecular flexibility index (Phi) is 7.03. The highest BCUT2D eigenvalue weighted by Crippen LogP contribution is 2.27. The molecule has 0 saturated heterocycles. The molecule has 4 aromatic rings. The Morgan fingerprint density at radius 3 is 2.70 bits per heavy atom. The van der Waals surface area contributed by atoms with Crippen LogP contribution < -0.4 is 25.0 Å². The van der Waals surface area contributed by atoms with Crippen molar-refractivity contribution in [1.29, 1.82) is 0 Å². The highest BCUT2D eigenvalue weighted by atomic mass is 32.1. The first-order chi connectivity index (χ1) is 16.1. The standard InChI is InChI=1S/C22H19N3O7S/c26-21(23-10-11-28-18-12-19(32-25-18)31-22(33)24-27)20-16(13-29-14-6-2-1-3-7-14)15-8-4-5-9-17(15)30-20/h1-9,12,27H,10-11,13H2,(H,23,26)(H,24,33). The first kappa shape index (κ1) is 22.1. The molecule has 2 aromatic heterocycles. The second-order valence-corrected chi connectivity index (χ2v) is 6.97. The van der Waals surface area contributed by atoms with Gasteiger partial charge in [0.2, 0.25) is 0 Å². The maximum atomic E-state index is 12.8. The van der Waals surface area contributed by atoms with Crippen molar-refractivity contribution in [3.8, 4) is 17.6 Å². The number of rotatable bonds is 9. The van der Waals surface area contributed by atoms with Crippen LogP contribution in [0.4, 0.5) is 0 Å². The van der Waals surface area contributed by atoms with E-state index in [1.54, 1.807) is 11.5 Å². The summed E-state index contributed by atoms with van der Waals surface area (Å²) in [6.45, 7) is 0.456. The largest absolute Gasteiger partial charge is 0.489 e. The summed E-state index contributed by atoms with van der Waals surface area (Å²) in [6, 6.07) is 18.0. The maximum absolute atomic E-state index is 12.8. The average Bonchev–Trinajstić information content (AvgIpc) is 3.45. The normalized spacial score (nSPS) is 10.6. The third kappa shape index (κ3) is 5.59. The number of amides is 1. The van der Waals surface area contributed by atoms with Crippen LogP contribution in [0, 0.1) is 0 Å². The quantitative estimate of drug-likeness (QED) is 0.190. The van der Waals surface area contributed by atoms with Crippen molar-refractivity contribution in [3.63, 3.8) is 0 Å². The molecule has 11 heteroatoms. The van der Waals surface area contributed by atoms with E-state index in [-0.39, 0.29) is 42.5 Å². The number of hydrogen-bond acceptors (Lipinski definition) is 9. The predicted octanol–water partition coefficient (Wildman–Crippen LogP) is 3.45. The summed E-state index contributed by atoms with van der Waals surface area (Å²) < 4.78 is 26.8. The molecule has 0 atom stereocenters. The number of ether oxygens (including phenoxy) is 3. The van der Waals surface area contributed by atoms with Gasteiger partial charge in [0.1, 0.15) is 24.5 Å². The summed E-state index contributed by atoms with van der Waals surface area (Å²) in [5.41, 5.74) is 2.90. The molecular formula is C22H19N3O7S. The monoisotopic (exact) mass is 469 g/mol. The molecule has 0 bridgehead atoms. The van der Waals surface area contributed by atoms with E-state index < -0.39 is 5.91 Å². The van der Waals surface area contributed by atoms with E-state index in [4.69, 9.17) is 28.4 Å². The molecule has 3 N–H and O–H groups in total. The van der Waals surface area contributed by atoms with Gasteiger partial charge >= 0.3 is 5.95 Å². The minimum absolute atomic E-state index is 0.0640. The zero-order valence-corrected chi connectivity index (χ0v) is 18.0. The molecule has 33 heavy (non-hydrogen) atoms. The molecule has 0 unspecified atom stereocenters. The van der Waals surface area contributed by atoms with Gasteiger partial charge in [-0.3, -0.25) is 10.0 Å². The molecule has 0 fully saturated rings. The number of hydrogen-bond donors (Lipinski definition) is 3. The van der Waals surface area contributed by atoms with E-state index in [0.717, 1.165) is 5.39 Å². The number of nitrogens with one attached hydrogen (secondary N) is 2. The van der Waals surface area contributed by atoms with E-state index in [2.05, 4.69) is 22.7 Å². The fourth-order valence-corrected chi connectivity index (χ4v) is 3.05. The Labute approximate surface area is 193 Å². The van der Waals surface area contributed by atoms with Gasteiger partial charge in [0.05, 0.1) is 12.6 Å². The van der Waals surface area contributed by atoms with E-state index in [0.29, 0.717) is 16.9 Å². The number of para-hydroxylation sites is 2. The van der Waals surface area contributed by atoms with Gasteiger partial charge in [0, 0.05) is 10.9 Å². The van der Waals surface area contributed by atoms with Crippen LogP contribution >= 0.6 is 12.2 Å². The zero-order valence-electron chi connectivity index (χ0n) is 17.1. The van der Waals surface area contributed by atoms with Crippen LogP contribution in [0.15, 0.2) is 69.6 Å². The average molecular weight is 469 g/mol. The van der Waals surface area contributed by atoms with Crippen LogP contribution in [0.3, 0.4) is 0 Å². The van der Waals surface area contributed by atoms with Crippen molar-refractivity contribution < 1.29 is 33.2 Å². The van der Waals surface area contributed by atoms with Crippen molar-refractivity contribution in [1.82, 2.24) is 16.0 Å². The Morgan fingerprint density at radius 1 is 1.09 bits per heavy atom. The summed E-state index contributed by atoms with van der Waals surface area (Å²) in [5.74, 6) is 0.528. The van der Waals surface area contributed by atoms with Gasteiger partial charge in [-0.2, -0.15) is 0 Å². The van der Waals surface area contributed by atoms with Gasteiger partial charge < -0.3 is 28.5 Å². The predicted molar refractivity (Wildman–Crippen MR) is 119 cm³/mol. The number of fused-ring (bicyclic) bond motifs is 1. The lowest BCUT2D eigenvalue weighted by molar-refractivity contribution is 0.0917. The number of carbonyl (C=O) groups excluding carboxylic acids is 1. The van der Waals surface area contributed by atoms with Gasteiger partial charge in [-0.25, -0.2) is 5.48 Å². The van der Waals surface area contributed by atoms with Gasteiger partial charge in [0.15, 0.2) is 5.76 Å². The van der Waals surface area contributed by atoms with Gasteiger partial charge in [-0.05, 0) is 35.6 Å². The number of nitrogens with zero attached hydrogens (tertiary/aromatic N) is 1. The zero-order chi connectivity index (χ0) is 23.0. The minimum Gasteiger partial charge on any atom is -0.489 e. The summed E-state index contributed by atoms with van der Waals surface area (Å²) in [7, 11) is 0. The summed E-state index contributed by atoms with van der Waals surface area (Å²) in [5, 5.41) is 15.5. The molecule has 0 aliphatic rings. The lowest BCUT2D eigenvalue weighted by Crippen LogP contribution is -2.28. The smallest absolute Gasteiger partial charge is 0.322 e. The number of hydroxylamine groups is 1. The summed E-state index contributed by atoms with van der Waals surface area (Å²) in [4.78, 5) is 12.8. The van der Waals surface area contributed by atoms with Crippen molar-refractivity contribution in [3.05, 3.63) is 72.0 Å². The highest BCUT2D eigenvalue weighted by molar-refractivity contribution is 7.80. The molecule has 170 valence electrons. The topological polar surface area (TPSA) is 128 Å². The molecular weight excluding hydrogens is 450 g/mol. The van der Waals surface area contributed by atoms with Crippen molar-refractivity contribution in [2.45, 2.75) is 6.61 Å². The lowest BCUT2D eigenvalue weighted by Gasteiger charge is -2.08. The Balaban J connectivity index is 1.36. The molecule has 0 spiro atoms. The fraction of sp³-hybridized carbons (Fsp3) is 0.136. The molecule has 10 nitrogen and oxygen atoms in total. The third-order valence-corrected chi connectivity index (χ3v) is 4.59. The second-order valence-electron chi connectivity index (χ2n) is 6.60. The number of furan rings is 1. The van der Waals surface area contributed by atoms with Crippen LogP contribution in [0.5, 0.6) is 17.6 Å². The Morgan fingerprint density at radius 2 is 1.88 bits per heavy atom. The molecule has 2 heterocycles. The lowest BCUT2D eigenvalue weighted by atomic mass is 10.1. The van der Waals surface area contributed by atoms with E-state index in [1.807, 2.05) is 48.5 Å². The van der Waals surface area contributed by atoms with Crippen LogP contribution in [0.1, 0.15) is 16.1 Å². The first-order valence-corrected chi connectivity index (χ1v) is 10.2. The second kappa shape index (κ2) is 10.5. The number of carbonyl (C=O) groups is 1. The Hall–Kier alpha value is -4.09. The van der Waals surface area contributed by atoms with Crippen LogP contribution in [-0.4, -0.2) is 34.6 Å². The number of thiocarbonyl (C=S) groups is 1. The molecule has 0 aliphatic carbocycles. The molecule has 0 radical (unpaired) electrons. The van der Waals surface area contributed by atoms with Crippen molar-refractivity contribution >= 4 is 34.3 Å². The highest BCUT2D eigenvalue weighted by Gasteiger charge is 2.21. The maximum Gasteiger partial charge on any atom is 0.322 e. The molecule has 0 saturated carbocycles. The van der Waals surface area contributed by atoms with Gasteiger partial charge in [-0.1, -0.05) is 36.4 Å². The molecule has 2 aromatic carbocycles. The molecule has 1 amide bonds. The van der Waals surface area contributed by atoms with Crippen molar-refractivity contribution in [2.24, 2.45) is 0 Å². The van der Waals surface area contributed by atoms with E-state index in [1.165, 1.54) is 6.07 Å². The van der Waals surface area contributed by atoms with Crippen LogP contribution in [0.25, 0.3) is 11.0 Å². The number of benzene rings is 2. The molecule has 4 rings (SSSR count). The Bertz CT molecular complexity index is 1240. The fourth-order valence-electron chi connectivity index (χ4n) is 2.97. The van der Waals surface area contributed by atoms with Crippen molar-refractivity contribution in [2.75, 3.05) is 13.2 Å². The minimum atomic E-state index is -0.398. The number of aromatic nitrogens is 1. The SMILES string of the molecule is O=C(NCCOc1cc(OC(=S)NO)on1)c1oc2ccccc2c1COc1ccccc1. The van der Waals surface area contributed by atoms with Crippen LogP contribution in [0.2, 0.25) is 0 Å². The first-order valence-electron chi connectivity index (χ1n) is 9.82. The van der Waals surface area contributed by atoms with Crippen LogP contribution in [-0.2, 0) is 6.61 Å². The van der Waals surface area contributed by atoms with Gasteiger partial charge in [0.25, 0.3) is 17.0 Å². The summed E-state index contributed by atoms with van der Waals surface area (Å²) in [6.07, 6.45) is 0. The molecule has 0 aliphatic heterocycles. The van der Waals surface area contributed by atoms with E-state index in [9.17, 15) is 4.79 Å². The summed E-state index contributed by atoms with van der Waals surface area (Å²) >= 11 is 4.63.